The number of pyridine rings is 1. The van der Waals surface area contributed by atoms with Crippen molar-refractivity contribution in [1.82, 2.24) is 15.2 Å². The van der Waals surface area contributed by atoms with Crippen molar-refractivity contribution in [2.75, 3.05) is 25.0 Å². The lowest BCUT2D eigenvalue weighted by Gasteiger charge is -2.28. The number of halogens is 2. The molecular formula is C20H26Cl2N4O2. The Bertz CT molecular complexity index is 768. The number of anilines is 1. The largest absolute Gasteiger partial charge is 0.334 e. The predicted octanol–water partition coefficient (Wildman–Crippen LogP) is 3.39. The van der Waals surface area contributed by atoms with E-state index in [0.717, 1.165) is 32.5 Å². The third-order valence-corrected chi connectivity index (χ3v) is 4.49. The Hall–Kier alpha value is -2.15. The predicted molar refractivity (Wildman–Crippen MR) is 116 cm³/mol. The van der Waals surface area contributed by atoms with Crippen LogP contribution in [0, 0.1) is 0 Å². The van der Waals surface area contributed by atoms with Gasteiger partial charge in [0.2, 0.25) is 0 Å². The number of nitrogens with one attached hydrogen (secondary N) is 2. The van der Waals surface area contributed by atoms with Crippen molar-refractivity contribution in [3.63, 3.8) is 0 Å². The molecule has 2 N–H and O–H groups in total. The summed E-state index contributed by atoms with van der Waals surface area (Å²) in [5, 5.41) is 6.15. The SMILES string of the molecule is CCCN(C(=O)c1cccc(NC(=O)c2cccnc2)c1)C1CCNC1.Cl.Cl. The molecule has 1 fully saturated rings. The first-order valence-electron chi connectivity index (χ1n) is 9.02. The Morgan fingerprint density at radius 1 is 1.21 bits per heavy atom. The van der Waals surface area contributed by atoms with E-state index in [9.17, 15) is 9.59 Å². The van der Waals surface area contributed by atoms with E-state index in [1.807, 2.05) is 4.90 Å². The normalized spacial score (nSPS) is 15.1. The number of carbonyl (C=O) groups excluding carboxylic acids is 2. The molecule has 6 nitrogen and oxygen atoms in total. The maximum absolute atomic E-state index is 13.0. The van der Waals surface area contributed by atoms with Crippen LogP contribution in [0.1, 0.15) is 40.5 Å². The van der Waals surface area contributed by atoms with Gasteiger partial charge in [0.1, 0.15) is 0 Å². The second-order valence-electron chi connectivity index (χ2n) is 6.42. The molecule has 3 rings (SSSR count). The van der Waals surface area contributed by atoms with Crippen LogP contribution in [-0.4, -0.2) is 47.4 Å². The van der Waals surface area contributed by atoms with Gasteiger partial charge in [-0.3, -0.25) is 14.6 Å². The van der Waals surface area contributed by atoms with E-state index in [0.29, 0.717) is 16.8 Å². The lowest BCUT2D eigenvalue weighted by atomic mass is 10.1. The summed E-state index contributed by atoms with van der Waals surface area (Å²) in [6.45, 7) is 4.59. The second kappa shape index (κ2) is 11.6. The van der Waals surface area contributed by atoms with Crippen molar-refractivity contribution < 1.29 is 9.59 Å². The summed E-state index contributed by atoms with van der Waals surface area (Å²) in [6, 6.07) is 10.8. The van der Waals surface area contributed by atoms with E-state index in [1.54, 1.807) is 42.6 Å². The summed E-state index contributed by atoms with van der Waals surface area (Å²) in [6.07, 6.45) is 5.03. The van der Waals surface area contributed by atoms with E-state index in [2.05, 4.69) is 22.5 Å². The molecule has 1 atom stereocenters. The molecule has 2 amide bonds. The Morgan fingerprint density at radius 2 is 2.00 bits per heavy atom. The summed E-state index contributed by atoms with van der Waals surface area (Å²) >= 11 is 0. The lowest BCUT2D eigenvalue weighted by molar-refractivity contribution is 0.0692. The first-order chi connectivity index (χ1) is 12.7. The fraction of sp³-hybridized carbons (Fsp3) is 0.350. The summed E-state index contributed by atoms with van der Waals surface area (Å²) in [7, 11) is 0. The van der Waals surface area contributed by atoms with Gasteiger partial charge in [-0.2, -0.15) is 0 Å². The fourth-order valence-corrected chi connectivity index (χ4v) is 3.19. The molecule has 2 aromatic rings. The highest BCUT2D eigenvalue weighted by Gasteiger charge is 2.26. The Labute approximate surface area is 177 Å². The molecule has 0 saturated carbocycles. The standard InChI is InChI=1S/C20H24N4O2.2ClH/c1-2-11-24(18-8-10-22-14-18)20(26)15-5-3-7-17(12-15)23-19(25)16-6-4-9-21-13-16;;/h3-7,9,12-13,18,22H,2,8,10-11,14H2,1H3,(H,23,25);2*1H. The molecule has 28 heavy (non-hydrogen) atoms. The molecule has 8 heteroatoms. The van der Waals surface area contributed by atoms with Gasteiger partial charge in [-0.15, -0.1) is 24.8 Å². The minimum absolute atomic E-state index is 0. The Morgan fingerprint density at radius 3 is 2.64 bits per heavy atom. The van der Waals surface area contributed by atoms with Gasteiger partial charge < -0.3 is 15.5 Å². The van der Waals surface area contributed by atoms with Crippen molar-refractivity contribution in [2.45, 2.75) is 25.8 Å². The molecule has 1 aliphatic rings. The minimum Gasteiger partial charge on any atom is -0.334 e. The summed E-state index contributed by atoms with van der Waals surface area (Å²) in [4.78, 5) is 31.2. The monoisotopic (exact) mass is 424 g/mol. The minimum atomic E-state index is -0.242. The Balaban J connectivity index is 0.00000196. The third kappa shape index (κ3) is 5.92. The van der Waals surface area contributed by atoms with E-state index in [-0.39, 0.29) is 42.7 Å². The van der Waals surface area contributed by atoms with E-state index < -0.39 is 0 Å². The van der Waals surface area contributed by atoms with Crippen molar-refractivity contribution in [3.8, 4) is 0 Å². The zero-order valence-corrected chi connectivity index (χ0v) is 17.4. The number of hydrogen-bond donors (Lipinski definition) is 2. The van der Waals surface area contributed by atoms with Crippen LogP contribution in [0.3, 0.4) is 0 Å². The summed E-state index contributed by atoms with van der Waals surface area (Å²) in [5.41, 5.74) is 1.67. The van der Waals surface area contributed by atoms with Gasteiger partial charge in [-0.25, -0.2) is 0 Å². The second-order valence-corrected chi connectivity index (χ2v) is 6.42. The van der Waals surface area contributed by atoms with Gasteiger partial charge in [-0.05, 0) is 49.7 Å². The molecule has 0 bridgehead atoms. The van der Waals surface area contributed by atoms with Crippen LogP contribution in [0.5, 0.6) is 0 Å². The van der Waals surface area contributed by atoms with E-state index in [1.165, 1.54) is 6.20 Å². The van der Waals surface area contributed by atoms with Crippen LogP contribution >= 0.6 is 24.8 Å². The number of hydrogen-bond acceptors (Lipinski definition) is 4. The van der Waals surface area contributed by atoms with Crippen molar-refractivity contribution in [1.29, 1.82) is 0 Å². The van der Waals surface area contributed by atoms with Crippen LogP contribution in [0.15, 0.2) is 48.8 Å². The van der Waals surface area contributed by atoms with Crippen molar-refractivity contribution in [2.24, 2.45) is 0 Å². The number of aromatic nitrogens is 1. The zero-order chi connectivity index (χ0) is 18.4. The highest BCUT2D eigenvalue weighted by Crippen LogP contribution is 2.18. The lowest BCUT2D eigenvalue weighted by Crippen LogP contribution is -2.42. The smallest absolute Gasteiger partial charge is 0.257 e. The van der Waals surface area contributed by atoms with Crippen LogP contribution in [0.2, 0.25) is 0 Å². The maximum Gasteiger partial charge on any atom is 0.257 e. The topological polar surface area (TPSA) is 74.3 Å². The number of amides is 2. The molecule has 1 saturated heterocycles. The molecule has 1 aromatic heterocycles. The van der Waals surface area contributed by atoms with E-state index in [4.69, 9.17) is 0 Å². The third-order valence-electron chi connectivity index (χ3n) is 4.49. The Kier molecular flexibility index (Phi) is 9.93. The number of rotatable bonds is 6. The first kappa shape index (κ1) is 23.9. The highest BCUT2D eigenvalue weighted by molar-refractivity contribution is 6.05. The average Bonchev–Trinajstić information content (AvgIpc) is 3.21. The summed E-state index contributed by atoms with van der Waals surface area (Å²) in [5.74, 6) is -0.230. The molecule has 2 heterocycles. The molecule has 1 aliphatic heterocycles. The zero-order valence-electron chi connectivity index (χ0n) is 15.8. The maximum atomic E-state index is 13.0. The molecular weight excluding hydrogens is 399 g/mol. The molecule has 152 valence electrons. The first-order valence-corrected chi connectivity index (χ1v) is 9.02. The number of benzene rings is 1. The van der Waals surface area contributed by atoms with Gasteiger partial charge >= 0.3 is 0 Å². The van der Waals surface area contributed by atoms with Gasteiger partial charge in [0.25, 0.3) is 11.8 Å². The quantitative estimate of drug-likeness (QED) is 0.744. The van der Waals surface area contributed by atoms with Gasteiger partial charge in [0, 0.05) is 42.8 Å². The van der Waals surface area contributed by atoms with Crippen LogP contribution in [0.4, 0.5) is 5.69 Å². The van der Waals surface area contributed by atoms with Gasteiger partial charge in [0.05, 0.1) is 5.56 Å². The molecule has 0 radical (unpaired) electrons. The van der Waals surface area contributed by atoms with Crippen LogP contribution < -0.4 is 10.6 Å². The molecule has 0 aliphatic carbocycles. The van der Waals surface area contributed by atoms with Crippen molar-refractivity contribution >= 4 is 42.3 Å². The highest BCUT2D eigenvalue weighted by atomic mass is 35.5. The average molecular weight is 425 g/mol. The van der Waals surface area contributed by atoms with Gasteiger partial charge in [0.15, 0.2) is 0 Å². The number of carbonyl (C=O) groups is 2. The van der Waals surface area contributed by atoms with Gasteiger partial charge in [-0.1, -0.05) is 13.0 Å². The van der Waals surface area contributed by atoms with Crippen LogP contribution in [-0.2, 0) is 0 Å². The molecule has 0 spiro atoms. The molecule has 1 aromatic carbocycles. The van der Waals surface area contributed by atoms with E-state index >= 15 is 0 Å². The molecule has 1 unspecified atom stereocenters. The fourth-order valence-electron chi connectivity index (χ4n) is 3.19. The number of nitrogens with zero attached hydrogens (tertiary/aromatic N) is 2. The van der Waals surface area contributed by atoms with Crippen molar-refractivity contribution in [3.05, 3.63) is 59.9 Å². The summed E-state index contributed by atoms with van der Waals surface area (Å²) < 4.78 is 0. The van der Waals surface area contributed by atoms with Crippen LogP contribution in [0.25, 0.3) is 0 Å².